The third kappa shape index (κ3) is 5.95. The Morgan fingerprint density at radius 3 is 2.84 bits per heavy atom. The number of nitrogens with one attached hydrogen (secondary N) is 2. The zero-order chi connectivity index (χ0) is 20.8. The van der Waals surface area contributed by atoms with Crippen LogP contribution >= 0.6 is 24.0 Å². The molecule has 0 saturated carbocycles. The molecule has 0 bridgehead atoms. The van der Waals surface area contributed by atoms with Crippen molar-refractivity contribution in [2.75, 3.05) is 20.4 Å². The van der Waals surface area contributed by atoms with Crippen molar-refractivity contribution >= 4 is 29.9 Å². The van der Waals surface area contributed by atoms with Gasteiger partial charge in [-0.05, 0) is 36.2 Å². The zero-order valence-electron chi connectivity index (χ0n) is 17.1. The van der Waals surface area contributed by atoms with Gasteiger partial charge in [-0.25, -0.2) is 9.37 Å². The van der Waals surface area contributed by atoms with Crippen LogP contribution in [0.4, 0.5) is 4.39 Å². The van der Waals surface area contributed by atoms with Gasteiger partial charge in [-0.3, -0.25) is 4.99 Å². The first-order valence-corrected chi connectivity index (χ1v) is 9.69. The lowest BCUT2D eigenvalue weighted by molar-refractivity contribution is -0.0172. The van der Waals surface area contributed by atoms with Gasteiger partial charge < -0.3 is 24.5 Å². The molecular weight excluding hydrogens is 514 g/mol. The molecule has 0 unspecified atom stereocenters. The van der Waals surface area contributed by atoms with Crippen LogP contribution < -0.4 is 15.4 Å². The van der Waals surface area contributed by atoms with Crippen LogP contribution in [0, 0.1) is 5.82 Å². The standard InChI is InChI=1S/C22H23FN4O3.HI/c1-24-22(26-11-19-13-29-21(27-19)15-5-3-2-4-6-15)25-8-7-16-9-18(23)10-17-12-28-14-30-20(16)17;/h2-6,9-10,13H,7-8,11-12,14H2,1H3,(H2,24,25,26);1H. The van der Waals surface area contributed by atoms with Gasteiger partial charge >= 0.3 is 0 Å². The van der Waals surface area contributed by atoms with E-state index in [1.54, 1.807) is 13.3 Å². The van der Waals surface area contributed by atoms with Crippen molar-refractivity contribution in [1.29, 1.82) is 0 Å². The number of fused-ring (bicyclic) bond motifs is 1. The third-order valence-electron chi connectivity index (χ3n) is 4.67. The molecule has 7 nitrogen and oxygen atoms in total. The lowest BCUT2D eigenvalue weighted by atomic mass is 10.1. The maximum absolute atomic E-state index is 13.9. The number of benzene rings is 2. The Morgan fingerprint density at radius 1 is 1.19 bits per heavy atom. The van der Waals surface area contributed by atoms with E-state index >= 15 is 0 Å². The molecule has 4 rings (SSSR count). The summed E-state index contributed by atoms with van der Waals surface area (Å²) < 4.78 is 30.2. The summed E-state index contributed by atoms with van der Waals surface area (Å²) in [6, 6.07) is 12.7. The Balaban J connectivity index is 0.00000272. The van der Waals surface area contributed by atoms with Gasteiger partial charge in [-0.15, -0.1) is 24.0 Å². The average Bonchev–Trinajstić information content (AvgIpc) is 3.25. The number of guanidine groups is 1. The minimum atomic E-state index is -0.291. The highest BCUT2D eigenvalue weighted by atomic mass is 127. The van der Waals surface area contributed by atoms with Crippen molar-refractivity contribution in [3.63, 3.8) is 0 Å². The predicted octanol–water partition coefficient (Wildman–Crippen LogP) is 3.87. The smallest absolute Gasteiger partial charge is 0.226 e. The molecule has 0 amide bonds. The molecule has 0 spiro atoms. The molecule has 0 fully saturated rings. The predicted molar refractivity (Wildman–Crippen MR) is 126 cm³/mol. The van der Waals surface area contributed by atoms with Crippen LogP contribution in [0.15, 0.2) is 58.1 Å². The van der Waals surface area contributed by atoms with Crippen LogP contribution in [0.3, 0.4) is 0 Å². The number of oxazole rings is 1. The first-order chi connectivity index (χ1) is 14.7. The van der Waals surface area contributed by atoms with Crippen LogP contribution in [-0.2, 0) is 24.3 Å². The van der Waals surface area contributed by atoms with E-state index in [0.717, 1.165) is 22.4 Å². The van der Waals surface area contributed by atoms with Gasteiger partial charge in [0.1, 0.15) is 17.8 Å². The second-order valence-corrected chi connectivity index (χ2v) is 6.78. The van der Waals surface area contributed by atoms with Gasteiger partial charge in [0.2, 0.25) is 5.89 Å². The Kier molecular flexibility index (Phi) is 8.24. The zero-order valence-corrected chi connectivity index (χ0v) is 19.4. The number of rotatable bonds is 6. The summed E-state index contributed by atoms with van der Waals surface area (Å²) in [6.45, 7) is 1.57. The number of hydrogen-bond acceptors (Lipinski definition) is 5. The quantitative estimate of drug-likeness (QED) is 0.282. The summed E-state index contributed by atoms with van der Waals surface area (Å²) in [6.07, 6.45) is 2.21. The lowest BCUT2D eigenvalue weighted by Crippen LogP contribution is -2.38. The van der Waals surface area contributed by atoms with E-state index < -0.39 is 0 Å². The first kappa shape index (κ1) is 23.0. The molecule has 3 aromatic rings. The van der Waals surface area contributed by atoms with Crippen molar-refractivity contribution in [2.24, 2.45) is 4.99 Å². The van der Waals surface area contributed by atoms with Crippen LogP contribution in [-0.4, -0.2) is 31.3 Å². The van der Waals surface area contributed by atoms with Crippen molar-refractivity contribution in [3.05, 3.63) is 71.4 Å². The van der Waals surface area contributed by atoms with E-state index in [2.05, 4.69) is 20.6 Å². The molecule has 1 aromatic heterocycles. The van der Waals surface area contributed by atoms with E-state index in [4.69, 9.17) is 13.9 Å². The normalized spacial score (nSPS) is 13.0. The summed E-state index contributed by atoms with van der Waals surface area (Å²) in [5, 5.41) is 6.43. The molecule has 0 atom stereocenters. The Morgan fingerprint density at radius 2 is 2.03 bits per heavy atom. The fraction of sp³-hybridized carbons (Fsp3) is 0.273. The summed E-state index contributed by atoms with van der Waals surface area (Å²) in [5.74, 6) is 1.62. The molecule has 31 heavy (non-hydrogen) atoms. The SMILES string of the molecule is CN=C(NCCc1cc(F)cc2c1OCOC2)NCc1coc(-c2ccccc2)n1.I. The van der Waals surface area contributed by atoms with Gasteiger partial charge in [0.15, 0.2) is 12.8 Å². The van der Waals surface area contributed by atoms with E-state index in [9.17, 15) is 4.39 Å². The molecule has 2 heterocycles. The van der Waals surface area contributed by atoms with Gasteiger partial charge in [-0.1, -0.05) is 18.2 Å². The highest BCUT2D eigenvalue weighted by Crippen LogP contribution is 2.29. The van der Waals surface area contributed by atoms with Gasteiger partial charge in [-0.2, -0.15) is 0 Å². The second-order valence-electron chi connectivity index (χ2n) is 6.78. The number of hydrogen-bond donors (Lipinski definition) is 2. The molecule has 2 N–H and O–H groups in total. The molecular formula is C22H24FIN4O3. The number of aromatic nitrogens is 1. The Bertz CT molecular complexity index is 1030. The van der Waals surface area contributed by atoms with Gasteiger partial charge in [0.05, 0.1) is 18.8 Å². The van der Waals surface area contributed by atoms with Crippen molar-refractivity contribution in [3.8, 4) is 17.2 Å². The highest BCUT2D eigenvalue weighted by Gasteiger charge is 2.17. The first-order valence-electron chi connectivity index (χ1n) is 9.69. The van der Waals surface area contributed by atoms with Crippen LogP contribution in [0.2, 0.25) is 0 Å². The molecule has 1 aliphatic rings. The summed E-state index contributed by atoms with van der Waals surface area (Å²) in [4.78, 5) is 8.71. The second kappa shape index (κ2) is 11.1. The number of nitrogens with zero attached hydrogens (tertiary/aromatic N) is 2. The van der Waals surface area contributed by atoms with E-state index in [1.807, 2.05) is 30.3 Å². The maximum Gasteiger partial charge on any atom is 0.226 e. The van der Waals surface area contributed by atoms with Crippen LogP contribution in [0.25, 0.3) is 11.5 Å². The molecule has 0 aliphatic carbocycles. The van der Waals surface area contributed by atoms with Crippen molar-refractivity contribution in [1.82, 2.24) is 15.6 Å². The third-order valence-corrected chi connectivity index (χ3v) is 4.67. The highest BCUT2D eigenvalue weighted by molar-refractivity contribution is 14.0. The average molecular weight is 538 g/mol. The fourth-order valence-electron chi connectivity index (χ4n) is 3.25. The van der Waals surface area contributed by atoms with Crippen LogP contribution in [0.5, 0.6) is 5.75 Å². The fourth-order valence-corrected chi connectivity index (χ4v) is 3.25. The Labute approximate surface area is 197 Å². The lowest BCUT2D eigenvalue weighted by Gasteiger charge is -2.21. The maximum atomic E-state index is 13.9. The monoisotopic (exact) mass is 538 g/mol. The van der Waals surface area contributed by atoms with Gasteiger partial charge in [0.25, 0.3) is 0 Å². The summed E-state index contributed by atoms with van der Waals surface area (Å²) >= 11 is 0. The number of aliphatic imine (C=N–C) groups is 1. The molecule has 1 aliphatic heterocycles. The summed E-state index contributed by atoms with van der Waals surface area (Å²) in [7, 11) is 1.69. The van der Waals surface area contributed by atoms with Crippen molar-refractivity contribution < 1.29 is 18.3 Å². The summed E-state index contributed by atoms with van der Waals surface area (Å²) in [5.41, 5.74) is 3.24. The minimum absolute atomic E-state index is 0. The largest absolute Gasteiger partial charge is 0.467 e. The number of halogens is 2. The molecule has 0 saturated heterocycles. The topological polar surface area (TPSA) is 80.9 Å². The Hall–Kier alpha value is -2.66. The van der Waals surface area contributed by atoms with Crippen molar-refractivity contribution in [2.45, 2.75) is 19.6 Å². The molecule has 9 heteroatoms. The minimum Gasteiger partial charge on any atom is -0.467 e. The van der Waals surface area contributed by atoms with E-state index in [-0.39, 0.29) is 36.6 Å². The number of ether oxygens (including phenoxy) is 2. The molecule has 164 valence electrons. The van der Waals surface area contributed by atoms with Crippen LogP contribution in [0.1, 0.15) is 16.8 Å². The molecule has 0 radical (unpaired) electrons. The van der Waals surface area contributed by atoms with Gasteiger partial charge in [0, 0.05) is 24.7 Å². The molecule has 2 aromatic carbocycles. The van der Waals surface area contributed by atoms with E-state index in [0.29, 0.717) is 43.7 Å². The van der Waals surface area contributed by atoms with E-state index in [1.165, 1.54) is 12.1 Å².